The third kappa shape index (κ3) is 4.16. The highest BCUT2D eigenvalue weighted by atomic mass is 15.1. The zero-order valence-electron chi connectivity index (χ0n) is 31.0. The molecule has 54 heavy (non-hydrogen) atoms. The molecule has 1 heteroatoms. The van der Waals surface area contributed by atoms with Crippen molar-refractivity contribution in [3.05, 3.63) is 214 Å². The summed E-state index contributed by atoms with van der Waals surface area (Å²) in [5.74, 6) is 0. The minimum absolute atomic E-state index is 0.0591. The predicted octanol–water partition coefficient (Wildman–Crippen LogP) is 13.9. The Hall–Kier alpha value is -6.18. The molecule has 0 radical (unpaired) electrons. The summed E-state index contributed by atoms with van der Waals surface area (Å²) in [6.45, 7) is 7.08. The molecule has 7 aromatic rings. The first-order valence-electron chi connectivity index (χ1n) is 19.4. The Bertz CT molecular complexity index is 2690. The molecule has 4 aliphatic carbocycles. The van der Waals surface area contributed by atoms with Gasteiger partial charge in [-0.2, -0.15) is 0 Å². The highest BCUT2D eigenvalue weighted by molar-refractivity contribution is 5.97. The van der Waals surface area contributed by atoms with Crippen molar-refractivity contribution < 1.29 is 0 Å². The van der Waals surface area contributed by atoms with Gasteiger partial charge in [-0.1, -0.05) is 147 Å². The first-order chi connectivity index (χ1) is 26.5. The molecule has 4 aliphatic rings. The van der Waals surface area contributed by atoms with Crippen molar-refractivity contribution in [2.75, 3.05) is 4.90 Å². The first kappa shape index (κ1) is 31.4. The van der Waals surface area contributed by atoms with Gasteiger partial charge in [0.15, 0.2) is 0 Å². The van der Waals surface area contributed by atoms with Crippen molar-refractivity contribution in [1.82, 2.24) is 0 Å². The average molecular weight is 692 g/mol. The average Bonchev–Trinajstić information content (AvgIpc) is 3.77. The van der Waals surface area contributed by atoms with Crippen LogP contribution in [0.2, 0.25) is 0 Å². The molecule has 1 nitrogen and oxygen atoms in total. The number of nitrogens with zero attached hydrogens (tertiary/aromatic N) is 1. The van der Waals surface area contributed by atoms with Crippen LogP contribution < -0.4 is 4.90 Å². The molecular formula is C53H41N. The van der Waals surface area contributed by atoms with E-state index in [1.165, 1.54) is 101 Å². The molecule has 258 valence electrons. The van der Waals surface area contributed by atoms with Gasteiger partial charge in [-0.05, 0) is 140 Å². The molecule has 0 atom stereocenters. The Labute approximate surface area is 318 Å². The highest BCUT2D eigenvalue weighted by Gasteiger charge is 2.51. The number of hydrogen-bond donors (Lipinski definition) is 0. The number of rotatable bonds is 4. The molecule has 0 aromatic heterocycles. The molecule has 0 bridgehead atoms. The van der Waals surface area contributed by atoms with Crippen molar-refractivity contribution in [2.45, 2.75) is 44.4 Å². The second-order valence-electron chi connectivity index (χ2n) is 16.0. The van der Waals surface area contributed by atoms with Crippen LogP contribution >= 0.6 is 0 Å². The lowest BCUT2D eigenvalue weighted by atomic mass is 9.70. The second-order valence-corrected chi connectivity index (χ2v) is 16.0. The van der Waals surface area contributed by atoms with E-state index in [2.05, 4.69) is 196 Å². The Morgan fingerprint density at radius 2 is 0.981 bits per heavy atom. The summed E-state index contributed by atoms with van der Waals surface area (Å²) >= 11 is 0. The van der Waals surface area contributed by atoms with Crippen molar-refractivity contribution in [3.8, 4) is 33.4 Å². The summed E-state index contributed by atoms with van der Waals surface area (Å²) in [6, 6.07) is 59.5. The van der Waals surface area contributed by atoms with E-state index in [0.717, 1.165) is 12.8 Å². The lowest BCUT2D eigenvalue weighted by Gasteiger charge is -2.33. The van der Waals surface area contributed by atoms with Crippen LogP contribution in [0.4, 0.5) is 17.1 Å². The summed E-state index contributed by atoms with van der Waals surface area (Å²) in [7, 11) is 0. The molecule has 11 rings (SSSR count). The van der Waals surface area contributed by atoms with Gasteiger partial charge in [0.25, 0.3) is 0 Å². The van der Waals surface area contributed by atoms with E-state index in [1.807, 2.05) is 0 Å². The lowest BCUT2D eigenvalue weighted by molar-refractivity contribution is 0.654. The molecular weight excluding hydrogens is 651 g/mol. The van der Waals surface area contributed by atoms with Crippen LogP contribution in [0.25, 0.3) is 39.0 Å². The van der Waals surface area contributed by atoms with E-state index in [0.29, 0.717) is 0 Å². The largest absolute Gasteiger partial charge is 0.310 e. The fourth-order valence-corrected chi connectivity index (χ4v) is 10.5. The summed E-state index contributed by atoms with van der Waals surface area (Å²) in [6.07, 6.45) is 7.17. The van der Waals surface area contributed by atoms with E-state index >= 15 is 0 Å². The molecule has 1 spiro atoms. The van der Waals surface area contributed by atoms with Crippen LogP contribution in [0.1, 0.15) is 65.6 Å². The standard InChI is InChI=1S/C53H41N/c1-34-31-36(35-15-5-4-6-16-35)25-30-51(34)54(37-26-28-43-39-17-7-11-21-45(39)52(2,3)49(43)32-37)38-27-29-44-42-20-10-14-24-48(42)53(50(44)33-38)46-22-12-8-18-40(46)41-19-9-13-23-47(41)53/h4-6,8-10,12-33H,7,11H2,1-3H3. The van der Waals surface area contributed by atoms with E-state index in [1.54, 1.807) is 0 Å². The molecule has 0 aliphatic heterocycles. The normalized spacial score (nSPS) is 16.1. The number of anilines is 3. The zero-order valence-corrected chi connectivity index (χ0v) is 31.0. The van der Waals surface area contributed by atoms with Gasteiger partial charge < -0.3 is 4.90 Å². The fourth-order valence-electron chi connectivity index (χ4n) is 10.5. The fraction of sp³-hybridized carbons (Fsp3) is 0.132. The molecule has 0 saturated carbocycles. The van der Waals surface area contributed by atoms with Crippen molar-refractivity contribution in [3.63, 3.8) is 0 Å². The molecule has 0 heterocycles. The smallest absolute Gasteiger partial charge is 0.0726 e. The number of hydrogen-bond acceptors (Lipinski definition) is 1. The van der Waals surface area contributed by atoms with Crippen molar-refractivity contribution >= 4 is 22.6 Å². The SMILES string of the molecule is Cc1cc(-c2ccccc2)ccc1N(c1ccc2c(c1)C(C)(C)C1=CCCC=C12)c1ccc2c(c1)C1(c3ccccc3-c3ccccc31)c1ccccc1-2. The third-order valence-electron chi connectivity index (χ3n) is 12.8. The van der Waals surface area contributed by atoms with E-state index in [-0.39, 0.29) is 5.41 Å². The van der Waals surface area contributed by atoms with Gasteiger partial charge in [0, 0.05) is 22.5 Å². The molecule has 0 unspecified atom stereocenters. The maximum absolute atomic E-state index is 2.52. The number of allylic oxidation sites excluding steroid dienone is 4. The van der Waals surface area contributed by atoms with Gasteiger partial charge in [0.1, 0.15) is 0 Å². The Morgan fingerprint density at radius 3 is 1.61 bits per heavy atom. The highest BCUT2D eigenvalue weighted by Crippen LogP contribution is 2.63. The topological polar surface area (TPSA) is 3.24 Å². The third-order valence-corrected chi connectivity index (χ3v) is 12.8. The number of fused-ring (bicyclic) bond motifs is 13. The van der Waals surface area contributed by atoms with Crippen molar-refractivity contribution in [2.24, 2.45) is 0 Å². The zero-order chi connectivity index (χ0) is 36.2. The number of benzene rings is 7. The van der Waals surface area contributed by atoms with Crippen LogP contribution in [-0.2, 0) is 10.8 Å². The first-order valence-corrected chi connectivity index (χ1v) is 19.4. The molecule has 7 aromatic carbocycles. The molecule has 0 fully saturated rings. The van der Waals surface area contributed by atoms with E-state index in [9.17, 15) is 0 Å². The summed E-state index contributed by atoms with van der Waals surface area (Å²) in [4.78, 5) is 2.52. The minimum atomic E-state index is -0.401. The Balaban J connectivity index is 1.17. The van der Waals surface area contributed by atoms with Crippen LogP contribution in [-0.4, -0.2) is 0 Å². The van der Waals surface area contributed by atoms with Gasteiger partial charge in [-0.25, -0.2) is 0 Å². The van der Waals surface area contributed by atoms with Gasteiger partial charge in [-0.3, -0.25) is 0 Å². The quantitative estimate of drug-likeness (QED) is 0.178. The maximum atomic E-state index is 2.52. The van der Waals surface area contributed by atoms with Crippen LogP contribution in [0.15, 0.2) is 175 Å². The van der Waals surface area contributed by atoms with Gasteiger partial charge in [0.05, 0.1) is 5.41 Å². The van der Waals surface area contributed by atoms with Gasteiger partial charge in [0.2, 0.25) is 0 Å². The van der Waals surface area contributed by atoms with Gasteiger partial charge in [-0.15, -0.1) is 0 Å². The van der Waals surface area contributed by atoms with Crippen LogP contribution in [0.5, 0.6) is 0 Å². The maximum Gasteiger partial charge on any atom is 0.0726 e. The summed E-state index contributed by atoms with van der Waals surface area (Å²) < 4.78 is 0. The Kier molecular flexibility index (Phi) is 6.62. The predicted molar refractivity (Wildman–Crippen MR) is 226 cm³/mol. The molecule has 0 N–H and O–H groups in total. The van der Waals surface area contributed by atoms with E-state index in [4.69, 9.17) is 0 Å². The second kappa shape index (κ2) is 11.4. The molecule has 0 amide bonds. The van der Waals surface area contributed by atoms with Crippen molar-refractivity contribution in [1.29, 1.82) is 0 Å². The van der Waals surface area contributed by atoms with Gasteiger partial charge >= 0.3 is 0 Å². The summed E-state index contributed by atoms with van der Waals surface area (Å²) in [5, 5.41) is 0. The monoisotopic (exact) mass is 691 g/mol. The van der Waals surface area contributed by atoms with Crippen LogP contribution in [0.3, 0.4) is 0 Å². The molecule has 0 saturated heterocycles. The van der Waals surface area contributed by atoms with E-state index < -0.39 is 5.41 Å². The number of aryl methyl sites for hydroxylation is 1. The summed E-state index contributed by atoms with van der Waals surface area (Å²) in [5.41, 5.74) is 23.3. The van der Waals surface area contributed by atoms with Crippen LogP contribution in [0, 0.1) is 6.92 Å². The Morgan fingerprint density at radius 1 is 0.444 bits per heavy atom. The lowest BCUT2D eigenvalue weighted by Crippen LogP contribution is -2.26. The minimum Gasteiger partial charge on any atom is -0.310 e.